The zero-order valence-electron chi connectivity index (χ0n) is 12.4. The highest BCUT2D eigenvalue weighted by molar-refractivity contribution is 5.56. The van der Waals surface area contributed by atoms with Crippen LogP contribution in [0, 0.1) is 0 Å². The fraction of sp³-hybridized carbons (Fsp3) is 0.368. The van der Waals surface area contributed by atoms with Gasteiger partial charge in [-0.15, -0.1) is 0 Å². The third kappa shape index (κ3) is 1.48. The quantitative estimate of drug-likeness (QED) is 0.712. The summed E-state index contributed by atoms with van der Waals surface area (Å²) in [5.41, 5.74) is -0.666. The molecule has 3 rings (SSSR count). The molecule has 0 saturated heterocycles. The Bertz CT molecular complexity index is 565. The number of halogens is 2. The Labute approximate surface area is 124 Å². The van der Waals surface area contributed by atoms with E-state index < -0.39 is 16.8 Å². The predicted molar refractivity (Wildman–Crippen MR) is 81.8 cm³/mol. The highest BCUT2D eigenvalue weighted by atomic mass is 19.3. The number of hydrogen-bond donors (Lipinski definition) is 0. The highest BCUT2D eigenvalue weighted by Gasteiger charge is 2.89. The van der Waals surface area contributed by atoms with Gasteiger partial charge < -0.3 is 0 Å². The Morgan fingerprint density at radius 1 is 0.667 bits per heavy atom. The Hall–Kier alpha value is -1.70. The van der Waals surface area contributed by atoms with E-state index in [1.54, 1.807) is 0 Å². The van der Waals surface area contributed by atoms with Crippen molar-refractivity contribution in [3.8, 4) is 0 Å². The van der Waals surface area contributed by atoms with Crippen molar-refractivity contribution in [2.24, 2.45) is 0 Å². The van der Waals surface area contributed by atoms with Crippen LogP contribution in [0.5, 0.6) is 0 Å². The molecular formula is C19H20F2. The summed E-state index contributed by atoms with van der Waals surface area (Å²) in [5, 5.41) is 0. The zero-order valence-corrected chi connectivity index (χ0v) is 12.4. The van der Waals surface area contributed by atoms with E-state index in [-0.39, 0.29) is 0 Å². The van der Waals surface area contributed by atoms with Gasteiger partial charge in [-0.3, -0.25) is 0 Å². The molecule has 2 atom stereocenters. The molecule has 0 amide bonds. The lowest BCUT2D eigenvalue weighted by atomic mass is 9.78. The summed E-state index contributed by atoms with van der Waals surface area (Å²) in [6.07, 6.45) is 0.874. The molecule has 0 aromatic heterocycles. The van der Waals surface area contributed by atoms with Crippen LogP contribution in [-0.2, 0) is 10.8 Å². The maximum atomic E-state index is 15.1. The zero-order chi connectivity index (χ0) is 15.1. The highest BCUT2D eigenvalue weighted by Crippen LogP contribution is 2.78. The molecule has 110 valence electrons. The van der Waals surface area contributed by atoms with Crippen LogP contribution in [0.25, 0.3) is 0 Å². The molecule has 1 aliphatic carbocycles. The van der Waals surface area contributed by atoms with Crippen LogP contribution in [0.1, 0.15) is 37.8 Å². The van der Waals surface area contributed by atoms with Gasteiger partial charge in [0.05, 0.1) is 10.8 Å². The number of rotatable bonds is 4. The topological polar surface area (TPSA) is 0 Å². The van der Waals surface area contributed by atoms with Crippen molar-refractivity contribution in [2.45, 2.75) is 43.4 Å². The van der Waals surface area contributed by atoms with Gasteiger partial charge in [-0.05, 0) is 24.0 Å². The summed E-state index contributed by atoms with van der Waals surface area (Å²) in [6, 6.07) is 18.6. The van der Waals surface area contributed by atoms with Gasteiger partial charge in [0.15, 0.2) is 0 Å². The second kappa shape index (κ2) is 4.66. The van der Waals surface area contributed by atoms with Crippen LogP contribution in [0.15, 0.2) is 60.7 Å². The summed E-state index contributed by atoms with van der Waals surface area (Å²) in [4.78, 5) is 0. The Balaban J connectivity index is 2.23. The molecule has 0 aliphatic heterocycles. The van der Waals surface area contributed by atoms with Crippen LogP contribution >= 0.6 is 0 Å². The van der Waals surface area contributed by atoms with Gasteiger partial charge in [0.1, 0.15) is 0 Å². The molecule has 0 unspecified atom stereocenters. The van der Waals surface area contributed by atoms with Gasteiger partial charge in [0, 0.05) is 0 Å². The van der Waals surface area contributed by atoms with E-state index in [0.29, 0.717) is 12.8 Å². The van der Waals surface area contributed by atoms with Crippen molar-refractivity contribution < 1.29 is 8.78 Å². The Morgan fingerprint density at radius 3 is 1.29 bits per heavy atom. The van der Waals surface area contributed by atoms with E-state index >= 15 is 8.78 Å². The van der Waals surface area contributed by atoms with Crippen LogP contribution in [0.3, 0.4) is 0 Å². The molecular weight excluding hydrogens is 266 g/mol. The van der Waals surface area contributed by atoms with Crippen molar-refractivity contribution in [3.63, 3.8) is 0 Å². The maximum Gasteiger partial charge on any atom is 0.269 e. The van der Waals surface area contributed by atoms with Crippen LogP contribution in [0.4, 0.5) is 8.78 Å². The molecule has 2 heteroatoms. The SMILES string of the molecule is CC[C@]1(c2ccccc2)C(F)(F)[C@@]1(CC)c1ccccc1. The summed E-state index contributed by atoms with van der Waals surface area (Å²) in [5.74, 6) is -2.72. The average Bonchev–Trinajstić information content (AvgIpc) is 3.00. The molecule has 0 bridgehead atoms. The molecule has 1 aliphatic rings. The lowest BCUT2D eigenvalue weighted by molar-refractivity contribution is 0.0674. The van der Waals surface area contributed by atoms with E-state index in [0.717, 1.165) is 11.1 Å². The first-order chi connectivity index (χ1) is 10.1. The van der Waals surface area contributed by atoms with Gasteiger partial charge in [0.25, 0.3) is 5.92 Å². The smallest absolute Gasteiger partial charge is 0.205 e. The third-order valence-corrected chi connectivity index (χ3v) is 5.33. The third-order valence-electron chi connectivity index (χ3n) is 5.33. The van der Waals surface area contributed by atoms with Crippen molar-refractivity contribution in [2.75, 3.05) is 0 Å². The average molecular weight is 286 g/mol. The molecule has 1 fully saturated rings. The fourth-order valence-corrected chi connectivity index (χ4v) is 4.36. The van der Waals surface area contributed by atoms with E-state index in [1.807, 2.05) is 74.5 Å². The maximum absolute atomic E-state index is 15.1. The lowest BCUT2D eigenvalue weighted by Crippen LogP contribution is -2.21. The van der Waals surface area contributed by atoms with Crippen LogP contribution in [0.2, 0.25) is 0 Å². The Morgan fingerprint density at radius 2 is 1.00 bits per heavy atom. The first-order valence-electron chi connectivity index (χ1n) is 7.57. The largest absolute Gasteiger partial charge is 0.269 e. The second-order valence-corrected chi connectivity index (χ2v) is 5.82. The fourth-order valence-electron chi connectivity index (χ4n) is 4.36. The number of alkyl halides is 2. The predicted octanol–water partition coefficient (Wildman–Crippen LogP) is 5.33. The van der Waals surface area contributed by atoms with Gasteiger partial charge in [-0.25, -0.2) is 8.78 Å². The lowest BCUT2D eigenvalue weighted by Gasteiger charge is -2.22. The van der Waals surface area contributed by atoms with Crippen molar-refractivity contribution >= 4 is 0 Å². The van der Waals surface area contributed by atoms with Gasteiger partial charge in [-0.2, -0.15) is 0 Å². The minimum Gasteiger partial charge on any atom is -0.205 e. The molecule has 21 heavy (non-hydrogen) atoms. The van der Waals surface area contributed by atoms with E-state index in [9.17, 15) is 0 Å². The molecule has 0 heterocycles. The minimum absolute atomic E-state index is 0.437. The van der Waals surface area contributed by atoms with E-state index in [1.165, 1.54) is 0 Å². The molecule has 0 nitrogen and oxygen atoms in total. The van der Waals surface area contributed by atoms with Crippen LogP contribution < -0.4 is 0 Å². The normalized spacial score (nSPS) is 30.1. The molecule has 0 radical (unpaired) electrons. The van der Waals surface area contributed by atoms with Gasteiger partial charge >= 0.3 is 0 Å². The molecule has 0 spiro atoms. The molecule has 2 aromatic carbocycles. The monoisotopic (exact) mass is 286 g/mol. The second-order valence-electron chi connectivity index (χ2n) is 5.82. The van der Waals surface area contributed by atoms with Gasteiger partial charge in [-0.1, -0.05) is 74.5 Å². The summed E-state index contributed by atoms with van der Waals surface area (Å²) >= 11 is 0. The Kier molecular flexibility index (Phi) is 3.16. The van der Waals surface area contributed by atoms with Crippen molar-refractivity contribution in [3.05, 3.63) is 71.8 Å². The minimum atomic E-state index is -2.72. The first-order valence-corrected chi connectivity index (χ1v) is 7.57. The van der Waals surface area contributed by atoms with E-state index in [4.69, 9.17) is 0 Å². The van der Waals surface area contributed by atoms with Crippen LogP contribution in [-0.4, -0.2) is 5.92 Å². The number of benzene rings is 2. The number of hydrogen-bond acceptors (Lipinski definition) is 0. The van der Waals surface area contributed by atoms with E-state index in [2.05, 4.69) is 0 Å². The first kappa shape index (κ1) is 14.2. The summed E-state index contributed by atoms with van der Waals surface area (Å²) in [6.45, 7) is 3.75. The molecule has 0 N–H and O–H groups in total. The van der Waals surface area contributed by atoms with Gasteiger partial charge in [0.2, 0.25) is 0 Å². The van der Waals surface area contributed by atoms with Crippen molar-refractivity contribution in [1.82, 2.24) is 0 Å². The molecule has 1 saturated carbocycles. The standard InChI is InChI=1S/C19H20F2/c1-3-17(15-11-7-5-8-12-15)18(4-2,19(17,20)21)16-13-9-6-10-14-16/h5-14H,3-4H2,1-2H3/t17-,18+. The summed E-state index contributed by atoms with van der Waals surface area (Å²) in [7, 11) is 0. The van der Waals surface area contributed by atoms with Crippen molar-refractivity contribution in [1.29, 1.82) is 0 Å². The summed E-state index contributed by atoms with van der Waals surface area (Å²) < 4.78 is 30.3. The molecule has 2 aromatic rings.